The van der Waals surface area contributed by atoms with E-state index in [1.54, 1.807) is 0 Å². The molecule has 0 radical (unpaired) electrons. The predicted octanol–water partition coefficient (Wildman–Crippen LogP) is -1.14. The molecule has 1 aliphatic heterocycles. The maximum Gasteiger partial charge on any atom is 0.276 e. The molecule has 12 heavy (non-hydrogen) atoms. The summed E-state index contributed by atoms with van der Waals surface area (Å²) in [6.45, 7) is 2.86. The lowest BCUT2D eigenvalue weighted by Gasteiger charge is -2.32. The number of piperidine rings is 1. The molecule has 1 aliphatic rings. The van der Waals surface area contributed by atoms with Crippen LogP contribution < -0.4 is 10.9 Å². The molecule has 0 spiro atoms. The molecular weight excluding hydrogens is 178 g/mol. The van der Waals surface area contributed by atoms with Crippen molar-refractivity contribution in [1.29, 1.82) is 0 Å². The molecule has 72 valence electrons. The van der Waals surface area contributed by atoms with Gasteiger partial charge in [-0.15, -0.1) is 0 Å². The lowest BCUT2D eigenvalue weighted by molar-refractivity contribution is 0.253. The molecule has 0 bridgehead atoms. The van der Waals surface area contributed by atoms with Crippen molar-refractivity contribution in [3.8, 4) is 0 Å². The van der Waals surface area contributed by atoms with Gasteiger partial charge in [-0.25, -0.2) is 5.14 Å². The Labute approximate surface area is 72.9 Å². The first-order chi connectivity index (χ1) is 5.41. The average molecular weight is 193 g/mol. The predicted molar refractivity (Wildman–Crippen MR) is 46.4 cm³/mol. The van der Waals surface area contributed by atoms with E-state index in [1.165, 1.54) is 4.31 Å². The quantitative estimate of drug-likeness (QED) is 0.551. The maximum absolute atomic E-state index is 10.9. The summed E-state index contributed by atoms with van der Waals surface area (Å²) in [6, 6.07) is -0.0860. The van der Waals surface area contributed by atoms with Gasteiger partial charge in [0, 0.05) is 19.1 Å². The molecule has 1 heterocycles. The Morgan fingerprint density at radius 2 is 2.08 bits per heavy atom. The second-order valence-electron chi connectivity index (χ2n) is 3.33. The van der Waals surface area contributed by atoms with E-state index in [9.17, 15) is 8.42 Å². The average Bonchev–Trinajstić information content (AvgIpc) is 1.92. The van der Waals surface area contributed by atoms with Crippen LogP contribution in [0.5, 0.6) is 0 Å². The van der Waals surface area contributed by atoms with Crippen LogP contribution in [0.25, 0.3) is 0 Å². The first-order valence-corrected chi connectivity index (χ1v) is 5.45. The van der Waals surface area contributed by atoms with Gasteiger partial charge in [0.1, 0.15) is 0 Å². The van der Waals surface area contributed by atoms with E-state index in [0.717, 1.165) is 6.42 Å². The van der Waals surface area contributed by atoms with Crippen molar-refractivity contribution in [2.24, 2.45) is 16.8 Å². The molecule has 2 unspecified atom stereocenters. The van der Waals surface area contributed by atoms with Crippen molar-refractivity contribution in [3.05, 3.63) is 0 Å². The minimum absolute atomic E-state index is 0.0860. The number of hydrogen-bond donors (Lipinski definition) is 2. The minimum atomic E-state index is -3.53. The zero-order valence-corrected chi connectivity index (χ0v) is 7.92. The van der Waals surface area contributed by atoms with Crippen molar-refractivity contribution in [2.75, 3.05) is 13.1 Å². The molecule has 5 nitrogen and oxygen atoms in total. The van der Waals surface area contributed by atoms with Gasteiger partial charge in [0.15, 0.2) is 0 Å². The third kappa shape index (κ3) is 2.16. The van der Waals surface area contributed by atoms with Gasteiger partial charge < -0.3 is 5.73 Å². The van der Waals surface area contributed by atoms with Crippen LogP contribution in [-0.4, -0.2) is 31.9 Å². The zero-order valence-electron chi connectivity index (χ0n) is 7.10. The Kier molecular flexibility index (Phi) is 2.72. The highest BCUT2D eigenvalue weighted by Crippen LogP contribution is 2.16. The van der Waals surface area contributed by atoms with Gasteiger partial charge >= 0.3 is 0 Å². The SMILES string of the molecule is CC1CCN(S(N)(=O)=O)CC1N. The Morgan fingerprint density at radius 1 is 1.50 bits per heavy atom. The van der Waals surface area contributed by atoms with Gasteiger partial charge in [-0.3, -0.25) is 0 Å². The summed E-state index contributed by atoms with van der Waals surface area (Å²) in [6.07, 6.45) is 0.789. The van der Waals surface area contributed by atoms with Crippen LogP contribution in [0.3, 0.4) is 0 Å². The van der Waals surface area contributed by atoms with E-state index in [2.05, 4.69) is 0 Å². The molecule has 4 N–H and O–H groups in total. The second-order valence-corrected chi connectivity index (χ2v) is 4.88. The molecule has 0 aromatic carbocycles. The third-order valence-electron chi connectivity index (χ3n) is 2.34. The fourth-order valence-corrected chi connectivity index (χ4v) is 2.04. The van der Waals surface area contributed by atoms with E-state index in [0.29, 0.717) is 19.0 Å². The summed E-state index contributed by atoms with van der Waals surface area (Å²) in [5, 5.41) is 4.96. The smallest absolute Gasteiger partial charge is 0.276 e. The summed E-state index contributed by atoms with van der Waals surface area (Å²) >= 11 is 0. The van der Waals surface area contributed by atoms with Crippen molar-refractivity contribution in [2.45, 2.75) is 19.4 Å². The summed E-state index contributed by atoms with van der Waals surface area (Å²) in [5.41, 5.74) is 5.70. The zero-order chi connectivity index (χ0) is 9.35. The van der Waals surface area contributed by atoms with Crippen molar-refractivity contribution >= 4 is 10.2 Å². The van der Waals surface area contributed by atoms with Gasteiger partial charge in [-0.05, 0) is 12.3 Å². The van der Waals surface area contributed by atoms with Crippen LogP contribution >= 0.6 is 0 Å². The molecule has 1 fully saturated rings. The molecule has 0 aliphatic carbocycles. The minimum Gasteiger partial charge on any atom is -0.326 e. The highest BCUT2D eigenvalue weighted by Gasteiger charge is 2.28. The first-order valence-electron chi connectivity index (χ1n) is 3.94. The van der Waals surface area contributed by atoms with E-state index in [4.69, 9.17) is 10.9 Å². The topological polar surface area (TPSA) is 89.4 Å². The van der Waals surface area contributed by atoms with Crippen molar-refractivity contribution in [1.82, 2.24) is 4.31 Å². The molecule has 1 saturated heterocycles. The van der Waals surface area contributed by atoms with Crippen LogP contribution in [-0.2, 0) is 10.2 Å². The summed E-state index contributed by atoms with van der Waals surface area (Å²) in [5.74, 6) is 0.378. The van der Waals surface area contributed by atoms with Gasteiger partial charge in [0.2, 0.25) is 0 Å². The number of nitrogens with zero attached hydrogens (tertiary/aromatic N) is 1. The van der Waals surface area contributed by atoms with Crippen LogP contribution in [0.15, 0.2) is 0 Å². The number of rotatable bonds is 1. The molecule has 2 atom stereocenters. The van der Waals surface area contributed by atoms with E-state index >= 15 is 0 Å². The summed E-state index contributed by atoms with van der Waals surface area (Å²) < 4.78 is 23.0. The first kappa shape index (κ1) is 9.91. The van der Waals surface area contributed by atoms with Crippen LogP contribution in [0.4, 0.5) is 0 Å². The Bertz CT molecular complexity index is 252. The van der Waals surface area contributed by atoms with Gasteiger partial charge in [0.25, 0.3) is 10.2 Å². The molecule has 1 rings (SSSR count). The standard InChI is InChI=1S/C6H15N3O2S/c1-5-2-3-9(4-6(5)7)12(8,10)11/h5-6H,2-4,7H2,1H3,(H2,8,10,11). The normalized spacial score (nSPS) is 33.6. The number of nitrogens with two attached hydrogens (primary N) is 2. The lowest BCUT2D eigenvalue weighted by Crippen LogP contribution is -2.51. The fourth-order valence-electron chi connectivity index (χ4n) is 1.30. The van der Waals surface area contributed by atoms with Gasteiger partial charge in [-0.1, -0.05) is 6.92 Å². The Balaban J connectivity index is 2.64. The third-order valence-corrected chi connectivity index (χ3v) is 3.39. The highest BCUT2D eigenvalue weighted by atomic mass is 32.2. The lowest BCUT2D eigenvalue weighted by atomic mass is 9.96. The Hall–Kier alpha value is -0.170. The molecule has 0 aromatic rings. The van der Waals surface area contributed by atoms with Crippen molar-refractivity contribution < 1.29 is 8.42 Å². The van der Waals surface area contributed by atoms with Gasteiger partial charge in [-0.2, -0.15) is 12.7 Å². The van der Waals surface area contributed by atoms with Crippen LogP contribution in [0, 0.1) is 5.92 Å². The van der Waals surface area contributed by atoms with E-state index < -0.39 is 10.2 Å². The van der Waals surface area contributed by atoms with Crippen molar-refractivity contribution in [3.63, 3.8) is 0 Å². The molecule has 0 aromatic heterocycles. The molecule has 0 amide bonds. The monoisotopic (exact) mass is 193 g/mol. The van der Waals surface area contributed by atoms with E-state index in [1.807, 2.05) is 6.92 Å². The fraction of sp³-hybridized carbons (Fsp3) is 1.00. The van der Waals surface area contributed by atoms with Crippen LogP contribution in [0.1, 0.15) is 13.3 Å². The summed E-state index contributed by atoms with van der Waals surface area (Å²) in [7, 11) is -3.53. The molecule has 6 heteroatoms. The number of hydrogen-bond acceptors (Lipinski definition) is 3. The second kappa shape index (κ2) is 3.29. The Morgan fingerprint density at radius 3 is 2.50 bits per heavy atom. The highest BCUT2D eigenvalue weighted by molar-refractivity contribution is 7.86. The maximum atomic E-state index is 10.9. The van der Waals surface area contributed by atoms with Crippen LogP contribution in [0.2, 0.25) is 0 Å². The van der Waals surface area contributed by atoms with Gasteiger partial charge in [0.05, 0.1) is 0 Å². The molecule has 0 saturated carbocycles. The molecular formula is C6H15N3O2S. The largest absolute Gasteiger partial charge is 0.326 e. The summed E-state index contributed by atoms with van der Waals surface area (Å²) in [4.78, 5) is 0. The van der Waals surface area contributed by atoms with E-state index in [-0.39, 0.29) is 6.04 Å².